The van der Waals surface area contributed by atoms with Crippen molar-refractivity contribution in [1.82, 2.24) is 15.0 Å². The molecule has 2 heterocycles. The van der Waals surface area contributed by atoms with Gasteiger partial charge in [0.05, 0.1) is 6.61 Å². The molecule has 0 saturated carbocycles. The Morgan fingerprint density at radius 1 is 1.45 bits per heavy atom. The third-order valence-electron chi connectivity index (χ3n) is 3.71. The number of hydrogen-bond acceptors (Lipinski definition) is 5. The second kappa shape index (κ2) is 6.17. The molecule has 1 unspecified atom stereocenters. The Morgan fingerprint density at radius 3 is 3.05 bits per heavy atom. The van der Waals surface area contributed by atoms with Crippen LogP contribution in [0.15, 0.2) is 28.8 Å². The first-order chi connectivity index (χ1) is 10.7. The van der Waals surface area contributed by atoms with Gasteiger partial charge in [0.25, 0.3) is 0 Å². The molecule has 1 aromatic heterocycles. The molecule has 0 aliphatic carbocycles. The van der Waals surface area contributed by atoms with Gasteiger partial charge >= 0.3 is 0 Å². The van der Waals surface area contributed by atoms with Crippen LogP contribution in [0.25, 0.3) is 0 Å². The van der Waals surface area contributed by atoms with E-state index < -0.39 is 0 Å². The van der Waals surface area contributed by atoms with Crippen molar-refractivity contribution >= 4 is 5.91 Å². The highest BCUT2D eigenvalue weighted by atomic mass is 16.5. The highest BCUT2D eigenvalue weighted by Crippen LogP contribution is 2.27. The molecule has 1 atom stereocenters. The van der Waals surface area contributed by atoms with E-state index in [-0.39, 0.29) is 11.8 Å². The summed E-state index contributed by atoms with van der Waals surface area (Å²) in [4.78, 5) is 18.3. The lowest BCUT2D eigenvalue weighted by Gasteiger charge is -2.16. The van der Waals surface area contributed by atoms with Crippen LogP contribution in [-0.2, 0) is 11.3 Å². The van der Waals surface area contributed by atoms with E-state index in [0.29, 0.717) is 37.8 Å². The Balaban J connectivity index is 1.68. The highest BCUT2D eigenvalue weighted by Gasteiger charge is 2.33. The van der Waals surface area contributed by atoms with E-state index >= 15 is 0 Å². The molecule has 6 nitrogen and oxygen atoms in total. The Hall–Kier alpha value is -2.37. The quantitative estimate of drug-likeness (QED) is 0.847. The molecule has 22 heavy (non-hydrogen) atoms. The van der Waals surface area contributed by atoms with E-state index in [1.165, 1.54) is 0 Å². The van der Waals surface area contributed by atoms with E-state index in [1.54, 1.807) is 6.92 Å². The van der Waals surface area contributed by atoms with Crippen LogP contribution >= 0.6 is 0 Å². The van der Waals surface area contributed by atoms with Crippen molar-refractivity contribution in [3.05, 3.63) is 41.5 Å². The number of carbonyl (C=O) groups is 1. The number of rotatable bonds is 5. The molecule has 1 saturated heterocycles. The minimum absolute atomic E-state index is 0.0139. The average Bonchev–Trinajstić information content (AvgIpc) is 3.07. The van der Waals surface area contributed by atoms with Gasteiger partial charge in [0.15, 0.2) is 5.82 Å². The fourth-order valence-corrected chi connectivity index (χ4v) is 2.70. The number of nitrogens with zero attached hydrogens (tertiary/aromatic N) is 3. The predicted molar refractivity (Wildman–Crippen MR) is 79.4 cm³/mol. The summed E-state index contributed by atoms with van der Waals surface area (Å²) < 4.78 is 10.5. The number of likely N-dealkylation sites (tertiary alicyclic amines) is 1. The number of ether oxygens (including phenoxy) is 1. The number of amides is 1. The van der Waals surface area contributed by atoms with E-state index in [2.05, 4.69) is 10.1 Å². The first kappa shape index (κ1) is 14.6. The molecule has 0 radical (unpaired) electrons. The van der Waals surface area contributed by atoms with Crippen LogP contribution in [0.3, 0.4) is 0 Å². The lowest BCUT2D eigenvalue weighted by molar-refractivity contribution is -0.128. The summed E-state index contributed by atoms with van der Waals surface area (Å²) in [5.74, 6) is 2.12. The van der Waals surface area contributed by atoms with Gasteiger partial charge in [-0.05, 0) is 24.6 Å². The Morgan fingerprint density at radius 2 is 2.32 bits per heavy atom. The van der Waals surface area contributed by atoms with Gasteiger partial charge in [0.1, 0.15) is 5.75 Å². The summed E-state index contributed by atoms with van der Waals surface area (Å²) in [6, 6.07) is 7.84. The topological polar surface area (TPSA) is 68.5 Å². The van der Waals surface area contributed by atoms with E-state index in [0.717, 1.165) is 11.3 Å². The zero-order valence-corrected chi connectivity index (χ0v) is 12.8. The van der Waals surface area contributed by atoms with Gasteiger partial charge in [-0.15, -0.1) is 0 Å². The van der Waals surface area contributed by atoms with Crippen molar-refractivity contribution in [3.8, 4) is 5.75 Å². The second-order valence-corrected chi connectivity index (χ2v) is 5.43. The molecule has 1 aliphatic heterocycles. The monoisotopic (exact) mass is 301 g/mol. The zero-order chi connectivity index (χ0) is 15.5. The smallest absolute Gasteiger partial charge is 0.223 e. The Labute approximate surface area is 129 Å². The lowest BCUT2D eigenvalue weighted by atomic mass is 10.1. The normalized spacial score (nSPS) is 18.0. The Kier molecular flexibility index (Phi) is 4.09. The SMILES string of the molecule is CCOc1cccc(CN2CC(c3noc(C)n3)CC2=O)c1. The van der Waals surface area contributed by atoms with Gasteiger partial charge in [-0.25, -0.2) is 0 Å². The number of benzene rings is 1. The second-order valence-electron chi connectivity index (χ2n) is 5.43. The van der Waals surface area contributed by atoms with Gasteiger partial charge < -0.3 is 14.2 Å². The maximum atomic E-state index is 12.2. The highest BCUT2D eigenvalue weighted by molar-refractivity contribution is 5.79. The van der Waals surface area contributed by atoms with Crippen molar-refractivity contribution in [3.63, 3.8) is 0 Å². The van der Waals surface area contributed by atoms with E-state index in [4.69, 9.17) is 9.26 Å². The van der Waals surface area contributed by atoms with Crippen molar-refractivity contribution in [2.24, 2.45) is 0 Å². The van der Waals surface area contributed by atoms with E-state index in [9.17, 15) is 4.79 Å². The van der Waals surface area contributed by atoms with Gasteiger partial charge in [-0.3, -0.25) is 4.79 Å². The molecular formula is C16H19N3O3. The van der Waals surface area contributed by atoms with Crippen LogP contribution in [0.4, 0.5) is 0 Å². The third-order valence-corrected chi connectivity index (χ3v) is 3.71. The molecule has 0 bridgehead atoms. The standard InChI is InChI=1S/C16H19N3O3/c1-3-21-14-6-4-5-12(7-14)9-19-10-13(8-15(19)20)16-17-11(2)22-18-16/h4-7,13H,3,8-10H2,1-2H3. The van der Waals surface area contributed by atoms with Crippen LogP contribution in [0.2, 0.25) is 0 Å². The molecule has 1 fully saturated rings. The number of aromatic nitrogens is 2. The number of carbonyl (C=O) groups excluding carboxylic acids is 1. The van der Waals surface area contributed by atoms with Gasteiger partial charge in [0.2, 0.25) is 11.8 Å². The van der Waals surface area contributed by atoms with Gasteiger partial charge in [0, 0.05) is 32.4 Å². The third kappa shape index (κ3) is 3.10. The molecule has 1 aromatic carbocycles. The maximum Gasteiger partial charge on any atom is 0.223 e. The summed E-state index contributed by atoms with van der Waals surface area (Å²) in [5, 5.41) is 3.93. The largest absolute Gasteiger partial charge is 0.494 e. The molecule has 2 aromatic rings. The maximum absolute atomic E-state index is 12.2. The predicted octanol–water partition coefficient (Wildman–Crippen LogP) is 2.29. The van der Waals surface area contributed by atoms with Gasteiger partial charge in [-0.1, -0.05) is 17.3 Å². The first-order valence-electron chi connectivity index (χ1n) is 7.45. The van der Waals surface area contributed by atoms with Crippen LogP contribution in [0, 0.1) is 6.92 Å². The first-order valence-corrected chi connectivity index (χ1v) is 7.45. The molecule has 1 amide bonds. The van der Waals surface area contributed by atoms with Crippen LogP contribution in [0.5, 0.6) is 5.75 Å². The van der Waals surface area contributed by atoms with Crippen LogP contribution in [-0.4, -0.2) is 34.1 Å². The minimum Gasteiger partial charge on any atom is -0.494 e. The van der Waals surface area contributed by atoms with Gasteiger partial charge in [-0.2, -0.15) is 4.98 Å². The number of aryl methyl sites for hydroxylation is 1. The fourth-order valence-electron chi connectivity index (χ4n) is 2.70. The number of hydrogen-bond donors (Lipinski definition) is 0. The molecule has 0 spiro atoms. The lowest BCUT2D eigenvalue weighted by Crippen LogP contribution is -2.24. The van der Waals surface area contributed by atoms with Crippen molar-refractivity contribution in [2.75, 3.05) is 13.2 Å². The summed E-state index contributed by atoms with van der Waals surface area (Å²) in [7, 11) is 0. The summed E-state index contributed by atoms with van der Waals surface area (Å²) >= 11 is 0. The van der Waals surface area contributed by atoms with Crippen LogP contribution in [0.1, 0.15) is 36.5 Å². The summed E-state index contributed by atoms with van der Waals surface area (Å²) in [6.07, 6.45) is 0.435. The van der Waals surface area contributed by atoms with Crippen molar-refractivity contribution in [1.29, 1.82) is 0 Å². The fraction of sp³-hybridized carbons (Fsp3) is 0.438. The molecule has 6 heteroatoms. The van der Waals surface area contributed by atoms with Crippen molar-refractivity contribution in [2.45, 2.75) is 32.7 Å². The Bertz CT molecular complexity index is 668. The van der Waals surface area contributed by atoms with Crippen molar-refractivity contribution < 1.29 is 14.1 Å². The molecule has 0 N–H and O–H groups in total. The van der Waals surface area contributed by atoms with E-state index in [1.807, 2.05) is 36.1 Å². The molecule has 116 valence electrons. The average molecular weight is 301 g/mol. The minimum atomic E-state index is 0.0139. The van der Waals surface area contributed by atoms with Crippen LogP contribution < -0.4 is 4.74 Å². The molecule has 3 rings (SSSR count). The molecule has 1 aliphatic rings. The molecular weight excluding hydrogens is 282 g/mol. The zero-order valence-electron chi connectivity index (χ0n) is 12.8. The summed E-state index contributed by atoms with van der Waals surface area (Å²) in [5.41, 5.74) is 1.06. The summed E-state index contributed by atoms with van der Waals surface area (Å²) in [6.45, 7) is 5.54.